The van der Waals surface area contributed by atoms with E-state index >= 15 is 0 Å². The standard InChI is InChI=1S/C15H30N4O3S.HI/c1-6-16-14(17-8-7-13(20)18-12(2)3)19-9-10-23(21,22)15(4,5)11-19;/h12H,6-11H2,1-5H3,(H,16,17)(H,18,20);1H. The van der Waals surface area contributed by atoms with Gasteiger partial charge in [-0.15, -0.1) is 24.0 Å². The Morgan fingerprint density at radius 1 is 1.33 bits per heavy atom. The summed E-state index contributed by atoms with van der Waals surface area (Å²) in [5, 5.41) is 6.01. The molecule has 0 radical (unpaired) electrons. The third-order valence-corrected chi connectivity index (χ3v) is 6.26. The Hall–Kier alpha value is -0.580. The average Bonchev–Trinajstić information content (AvgIpc) is 2.40. The zero-order valence-electron chi connectivity index (χ0n) is 15.3. The summed E-state index contributed by atoms with van der Waals surface area (Å²) >= 11 is 0. The first-order valence-electron chi connectivity index (χ1n) is 8.14. The van der Waals surface area contributed by atoms with E-state index in [-0.39, 0.29) is 41.7 Å². The maximum Gasteiger partial charge on any atom is 0.222 e. The third-order valence-electron chi connectivity index (χ3n) is 3.73. The largest absolute Gasteiger partial charge is 0.357 e. The van der Waals surface area contributed by atoms with Crippen LogP contribution in [0.2, 0.25) is 0 Å². The Morgan fingerprint density at radius 3 is 2.46 bits per heavy atom. The minimum Gasteiger partial charge on any atom is -0.357 e. The fraction of sp³-hybridized carbons (Fsp3) is 0.867. The molecule has 7 nitrogen and oxygen atoms in total. The number of halogens is 1. The van der Waals surface area contributed by atoms with Gasteiger partial charge >= 0.3 is 0 Å². The van der Waals surface area contributed by atoms with Gasteiger partial charge in [-0.1, -0.05) is 0 Å². The highest BCUT2D eigenvalue weighted by molar-refractivity contribution is 14.0. The molecule has 0 aliphatic carbocycles. The molecule has 0 saturated carbocycles. The van der Waals surface area contributed by atoms with Crippen molar-refractivity contribution in [2.24, 2.45) is 4.99 Å². The van der Waals surface area contributed by atoms with Crippen LogP contribution in [-0.4, -0.2) is 67.9 Å². The fourth-order valence-corrected chi connectivity index (χ4v) is 3.77. The van der Waals surface area contributed by atoms with Crippen LogP contribution in [0.5, 0.6) is 0 Å². The summed E-state index contributed by atoms with van der Waals surface area (Å²) in [5.74, 6) is 0.770. The second kappa shape index (κ2) is 9.79. The van der Waals surface area contributed by atoms with Crippen molar-refractivity contribution in [3.05, 3.63) is 0 Å². The molecule has 0 aromatic carbocycles. The lowest BCUT2D eigenvalue weighted by Crippen LogP contribution is -2.57. The highest BCUT2D eigenvalue weighted by atomic mass is 127. The molecule has 2 N–H and O–H groups in total. The maximum atomic E-state index is 12.1. The summed E-state index contributed by atoms with van der Waals surface area (Å²) in [6.07, 6.45) is 0.322. The van der Waals surface area contributed by atoms with Crippen molar-refractivity contribution in [1.29, 1.82) is 0 Å². The molecular formula is C15H31IN4O3S. The van der Waals surface area contributed by atoms with Crippen LogP contribution in [0.15, 0.2) is 4.99 Å². The third kappa shape index (κ3) is 6.73. The van der Waals surface area contributed by atoms with E-state index < -0.39 is 14.6 Å². The monoisotopic (exact) mass is 474 g/mol. The Kier molecular flexibility index (Phi) is 9.55. The van der Waals surface area contributed by atoms with E-state index in [1.54, 1.807) is 13.8 Å². The van der Waals surface area contributed by atoms with Crippen LogP contribution < -0.4 is 10.6 Å². The molecule has 0 atom stereocenters. The highest BCUT2D eigenvalue weighted by Gasteiger charge is 2.40. The van der Waals surface area contributed by atoms with Crippen LogP contribution in [0.1, 0.15) is 41.0 Å². The van der Waals surface area contributed by atoms with Crippen LogP contribution in [0.4, 0.5) is 0 Å². The van der Waals surface area contributed by atoms with Gasteiger partial charge in [-0.25, -0.2) is 8.42 Å². The van der Waals surface area contributed by atoms with Crippen molar-refractivity contribution in [2.75, 3.05) is 31.9 Å². The Morgan fingerprint density at radius 2 is 1.96 bits per heavy atom. The van der Waals surface area contributed by atoms with Crippen molar-refractivity contribution in [3.63, 3.8) is 0 Å². The highest BCUT2D eigenvalue weighted by Crippen LogP contribution is 2.23. The first-order valence-corrected chi connectivity index (χ1v) is 9.79. The molecule has 0 bridgehead atoms. The van der Waals surface area contributed by atoms with Crippen molar-refractivity contribution >= 4 is 45.7 Å². The summed E-state index contributed by atoms with van der Waals surface area (Å²) in [6, 6.07) is 0.118. The Balaban J connectivity index is 0.00000529. The minimum atomic E-state index is -3.08. The van der Waals surface area contributed by atoms with E-state index in [1.807, 2.05) is 25.7 Å². The van der Waals surface area contributed by atoms with Crippen molar-refractivity contribution in [1.82, 2.24) is 15.5 Å². The quantitative estimate of drug-likeness (QED) is 0.353. The van der Waals surface area contributed by atoms with Gasteiger partial charge in [-0.3, -0.25) is 9.79 Å². The molecule has 142 valence electrons. The van der Waals surface area contributed by atoms with Crippen LogP contribution in [0, 0.1) is 0 Å². The number of aliphatic imine (C=N–C) groups is 1. The van der Waals surface area contributed by atoms with Gasteiger partial charge in [0.25, 0.3) is 0 Å². The zero-order valence-corrected chi connectivity index (χ0v) is 18.4. The van der Waals surface area contributed by atoms with Crippen molar-refractivity contribution < 1.29 is 13.2 Å². The minimum absolute atomic E-state index is 0. The van der Waals surface area contributed by atoms with Crippen LogP contribution in [0.25, 0.3) is 0 Å². The molecule has 1 heterocycles. The number of nitrogens with zero attached hydrogens (tertiary/aromatic N) is 2. The summed E-state index contributed by atoms with van der Waals surface area (Å²) in [6.45, 7) is 11.2. The maximum absolute atomic E-state index is 12.1. The number of nitrogens with one attached hydrogen (secondary N) is 2. The number of hydrogen-bond donors (Lipinski definition) is 2. The Bertz CT molecular complexity index is 547. The molecule has 24 heavy (non-hydrogen) atoms. The number of guanidine groups is 1. The summed E-state index contributed by atoms with van der Waals surface area (Å²) in [5.41, 5.74) is 0. The van der Waals surface area contributed by atoms with Gasteiger partial charge in [0.15, 0.2) is 15.8 Å². The second-order valence-electron chi connectivity index (χ2n) is 6.71. The first-order chi connectivity index (χ1) is 10.6. The molecule has 1 fully saturated rings. The number of carbonyl (C=O) groups excluding carboxylic acids is 1. The number of hydrogen-bond acceptors (Lipinski definition) is 4. The summed E-state index contributed by atoms with van der Waals surface area (Å²) < 4.78 is 23.4. The molecule has 1 aliphatic rings. The van der Waals surface area contributed by atoms with Gasteiger partial charge in [-0.2, -0.15) is 0 Å². The topological polar surface area (TPSA) is 90.9 Å². The van der Waals surface area contributed by atoms with E-state index in [0.717, 1.165) is 0 Å². The van der Waals surface area contributed by atoms with Crippen molar-refractivity contribution in [3.8, 4) is 0 Å². The zero-order chi connectivity index (χ0) is 17.7. The molecular weight excluding hydrogens is 443 g/mol. The lowest BCUT2D eigenvalue weighted by molar-refractivity contribution is -0.121. The van der Waals surface area contributed by atoms with Gasteiger partial charge in [0.2, 0.25) is 5.91 Å². The lowest BCUT2D eigenvalue weighted by atomic mass is 10.2. The molecule has 0 aromatic heterocycles. The molecule has 1 rings (SSSR count). The van der Waals surface area contributed by atoms with E-state index in [2.05, 4.69) is 15.6 Å². The molecule has 1 saturated heterocycles. The average molecular weight is 474 g/mol. The van der Waals surface area contributed by atoms with Gasteiger partial charge in [-0.05, 0) is 34.6 Å². The van der Waals surface area contributed by atoms with Gasteiger partial charge < -0.3 is 15.5 Å². The van der Waals surface area contributed by atoms with Crippen LogP contribution >= 0.6 is 24.0 Å². The molecule has 0 unspecified atom stereocenters. The summed E-state index contributed by atoms with van der Waals surface area (Å²) in [4.78, 5) is 18.1. The molecule has 1 aliphatic heterocycles. The fourth-order valence-electron chi connectivity index (χ4n) is 2.41. The van der Waals surface area contributed by atoms with E-state index in [1.165, 1.54) is 0 Å². The Labute approximate surface area is 163 Å². The van der Waals surface area contributed by atoms with Crippen molar-refractivity contribution in [2.45, 2.75) is 51.8 Å². The predicted octanol–water partition coefficient (Wildman–Crippen LogP) is 0.994. The molecule has 1 amide bonds. The van der Waals surface area contributed by atoms with E-state index in [4.69, 9.17) is 0 Å². The second-order valence-corrected chi connectivity index (χ2v) is 9.45. The number of carbonyl (C=O) groups is 1. The van der Waals surface area contributed by atoms with Gasteiger partial charge in [0, 0.05) is 32.1 Å². The van der Waals surface area contributed by atoms with Crippen LogP contribution in [0.3, 0.4) is 0 Å². The van der Waals surface area contributed by atoms with E-state index in [9.17, 15) is 13.2 Å². The molecule has 9 heteroatoms. The number of sulfone groups is 1. The number of amides is 1. The van der Waals surface area contributed by atoms with E-state index in [0.29, 0.717) is 38.6 Å². The predicted molar refractivity (Wildman–Crippen MR) is 109 cm³/mol. The lowest BCUT2D eigenvalue weighted by Gasteiger charge is -2.39. The molecule has 0 aromatic rings. The van der Waals surface area contributed by atoms with Crippen LogP contribution in [-0.2, 0) is 14.6 Å². The SMILES string of the molecule is CCNC(=NCCC(=O)NC(C)C)N1CCS(=O)(=O)C(C)(C)C1.I. The summed E-state index contributed by atoms with van der Waals surface area (Å²) in [7, 11) is -3.08. The first kappa shape index (κ1) is 23.4. The molecule has 0 spiro atoms. The smallest absolute Gasteiger partial charge is 0.222 e. The van der Waals surface area contributed by atoms with Gasteiger partial charge in [0.1, 0.15) is 0 Å². The normalized spacial score (nSPS) is 19.6. The number of rotatable bonds is 5. The van der Waals surface area contributed by atoms with Gasteiger partial charge in [0.05, 0.1) is 17.0 Å².